The van der Waals surface area contributed by atoms with Crippen LogP contribution in [-0.2, 0) is 4.79 Å². The van der Waals surface area contributed by atoms with E-state index >= 15 is 0 Å². The molecule has 13 heavy (non-hydrogen) atoms. The van der Waals surface area contributed by atoms with Gasteiger partial charge in [-0.2, -0.15) is 0 Å². The van der Waals surface area contributed by atoms with Crippen molar-refractivity contribution in [2.45, 2.75) is 31.4 Å². The molecule has 0 aliphatic carbocycles. The van der Waals surface area contributed by atoms with Gasteiger partial charge in [0.2, 0.25) is 0 Å². The van der Waals surface area contributed by atoms with Crippen molar-refractivity contribution in [3.8, 4) is 0 Å². The van der Waals surface area contributed by atoms with Crippen LogP contribution in [0.3, 0.4) is 0 Å². The average molecular weight is 185 g/mol. The molecule has 0 bridgehead atoms. The van der Waals surface area contributed by atoms with Gasteiger partial charge in [0.05, 0.1) is 5.60 Å². The molecule has 4 nitrogen and oxygen atoms in total. The summed E-state index contributed by atoms with van der Waals surface area (Å²) < 4.78 is 0. The van der Waals surface area contributed by atoms with Crippen LogP contribution in [-0.4, -0.2) is 45.8 Å². The van der Waals surface area contributed by atoms with Gasteiger partial charge in [-0.15, -0.1) is 0 Å². The summed E-state index contributed by atoms with van der Waals surface area (Å²) in [5.74, 6) is -1.46. The normalized spacial score (nSPS) is 45.1. The highest BCUT2D eigenvalue weighted by atomic mass is 16.4. The first-order valence-corrected chi connectivity index (χ1v) is 4.71. The minimum absolute atomic E-state index is 0.0625. The minimum atomic E-state index is -1.04. The summed E-state index contributed by atoms with van der Waals surface area (Å²) >= 11 is 0. The van der Waals surface area contributed by atoms with E-state index in [9.17, 15) is 9.90 Å². The van der Waals surface area contributed by atoms with Gasteiger partial charge in [-0.3, -0.25) is 9.69 Å². The van der Waals surface area contributed by atoms with Gasteiger partial charge in [0.25, 0.3) is 0 Å². The molecular formula is C9H15NO3. The van der Waals surface area contributed by atoms with Gasteiger partial charge in [-0.25, -0.2) is 0 Å². The fraction of sp³-hybridized carbons (Fsp3) is 0.889. The summed E-state index contributed by atoms with van der Waals surface area (Å²) in [7, 11) is 0. The molecule has 2 N–H and O–H groups in total. The second-order valence-corrected chi connectivity index (χ2v) is 4.35. The number of hydrogen-bond donors (Lipinski definition) is 2. The van der Waals surface area contributed by atoms with Gasteiger partial charge >= 0.3 is 5.97 Å². The number of nitrogens with zero attached hydrogens (tertiary/aromatic N) is 1. The summed E-state index contributed by atoms with van der Waals surface area (Å²) in [6, 6.07) is 0.0625. The summed E-state index contributed by atoms with van der Waals surface area (Å²) in [6.45, 7) is 3.07. The van der Waals surface area contributed by atoms with Crippen molar-refractivity contribution in [1.82, 2.24) is 4.90 Å². The Bertz CT molecular complexity index is 239. The van der Waals surface area contributed by atoms with Crippen molar-refractivity contribution in [3.63, 3.8) is 0 Å². The maximum absolute atomic E-state index is 11.0. The fourth-order valence-electron chi connectivity index (χ4n) is 2.78. The first kappa shape index (κ1) is 8.97. The van der Waals surface area contributed by atoms with E-state index < -0.39 is 17.5 Å². The zero-order valence-corrected chi connectivity index (χ0v) is 7.73. The molecule has 0 spiro atoms. The van der Waals surface area contributed by atoms with Crippen molar-refractivity contribution < 1.29 is 15.0 Å². The Labute approximate surface area is 77.2 Å². The van der Waals surface area contributed by atoms with E-state index in [-0.39, 0.29) is 6.04 Å². The first-order valence-electron chi connectivity index (χ1n) is 4.71. The number of hydrogen-bond acceptors (Lipinski definition) is 3. The summed E-state index contributed by atoms with van der Waals surface area (Å²) in [5, 5.41) is 18.9. The van der Waals surface area contributed by atoms with Crippen LogP contribution in [0.4, 0.5) is 0 Å². The number of aliphatic hydroxyl groups is 1. The molecule has 3 atom stereocenters. The van der Waals surface area contributed by atoms with E-state index in [4.69, 9.17) is 5.11 Å². The SMILES string of the molecule is C[C@]1(O)CN2CCC[C@H]2[C@@H]1C(=O)O. The van der Waals surface area contributed by atoms with Gasteiger partial charge < -0.3 is 10.2 Å². The van der Waals surface area contributed by atoms with Crippen molar-refractivity contribution >= 4 is 5.97 Å². The minimum Gasteiger partial charge on any atom is -0.481 e. The molecule has 0 amide bonds. The van der Waals surface area contributed by atoms with Crippen LogP contribution >= 0.6 is 0 Å². The first-order chi connectivity index (χ1) is 6.02. The smallest absolute Gasteiger partial charge is 0.311 e. The van der Waals surface area contributed by atoms with E-state index in [0.717, 1.165) is 19.4 Å². The van der Waals surface area contributed by atoms with Crippen molar-refractivity contribution in [1.29, 1.82) is 0 Å². The third-order valence-corrected chi connectivity index (χ3v) is 3.26. The second-order valence-electron chi connectivity index (χ2n) is 4.35. The third kappa shape index (κ3) is 1.25. The highest BCUT2D eigenvalue weighted by Crippen LogP contribution is 2.39. The van der Waals surface area contributed by atoms with Crippen LogP contribution in [0.25, 0.3) is 0 Å². The van der Waals surface area contributed by atoms with Crippen LogP contribution < -0.4 is 0 Å². The Morgan fingerprint density at radius 1 is 1.62 bits per heavy atom. The Morgan fingerprint density at radius 3 is 2.92 bits per heavy atom. The Morgan fingerprint density at radius 2 is 2.31 bits per heavy atom. The molecule has 2 heterocycles. The maximum atomic E-state index is 11.0. The largest absolute Gasteiger partial charge is 0.481 e. The van der Waals surface area contributed by atoms with Gasteiger partial charge in [-0.1, -0.05) is 0 Å². The van der Waals surface area contributed by atoms with E-state index in [0.29, 0.717) is 6.54 Å². The van der Waals surface area contributed by atoms with Crippen LogP contribution in [0.2, 0.25) is 0 Å². The van der Waals surface area contributed by atoms with Crippen LogP contribution in [0.15, 0.2) is 0 Å². The predicted octanol–water partition coefficient (Wildman–Crippen LogP) is -0.0838. The monoisotopic (exact) mass is 185 g/mol. The predicted molar refractivity (Wildman–Crippen MR) is 46.3 cm³/mol. The fourth-order valence-corrected chi connectivity index (χ4v) is 2.78. The molecule has 2 rings (SSSR count). The molecule has 2 aliphatic heterocycles. The zero-order valence-electron chi connectivity index (χ0n) is 7.73. The number of carbonyl (C=O) groups is 1. The molecule has 0 unspecified atom stereocenters. The van der Waals surface area contributed by atoms with Crippen LogP contribution in [0.1, 0.15) is 19.8 Å². The molecule has 0 saturated carbocycles. The second kappa shape index (κ2) is 2.69. The number of aliphatic carboxylic acids is 1. The van der Waals surface area contributed by atoms with Gasteiger partial charge in [-0.05, 0) is 26.3 Å². The Balaban J connectivity index is 2.25. The van der Waals surface area contributed by atoms with Gasteiger partial charge in [0, 0.05) is 12.6 Å². The molecule has 2 saturated heterocycles. The van der Waals surface area contributed by atoms with E-state index in [1.165, 1.54) is 0 Å². The average Bonchev–Trinajstić information content (AvgIpc) is 2.41. The van der Waals surface area contributed by atoms with E-state index in [1.807, 2.05) is 0 Å². The van der Waals surface area contributed by atoms with Crippen molar-refractivity contribution in [2.75, 3.05) is 13.1 Å². The van der Waals surface area contributed by atoms with Crippen molar-refractivity contribution in [2.24, 2.45) is 5.92 Å². The number of rotatable bonds is 1. The number of fused-ring (bicyclic) bond motifs is 1. The summed E-state index contributed by atoms with van der Waals surface area (Å²) in [5.41, 5.74) is -1.04. The van der Waals surface area contributed by atoms with Crippen LogP contribution in [0, 0.1) is 5.92 Å². The molecule has 2 fully saturated rings. The number of carboxylic acid groups (broad SMARTS) is 1. The highest BCUT2D eigenvalue weighted by molar-refractivity contribution is 5.73. The standard InChI is InChI=1S/C9H15NO3/c1-9(13)5-10-4-2-3-6(10)7(9)8(11)12/h6-7,13H,2-5H2,1H3,(H,11,12)/t6-,7+,9-/m0/s1. The number of carboxylic acids is 1. The van der Waals surface area contributed by atoms with Crippen molar-refractivity contribution in [3.05, 3.63) is 0 Å². The zero-order chi connectivity index (χ0) is 9.64. The lowest BCUT2D eigenvalue weighted by atomic mass is 9.87. The lowest BCUT2D eigenvalue weighted by Crippen LogP contribution is -2.41. The summed E-state index contributed by atoms with van der Waals surface area (Å²) in [4.78, 5) is 13.1. The lowest BCUT2D eigenvalue weighted by Gasteiger charge is -2.23. The van der Waals surface area contributed by atoms with E-state index in [2.05, 4.69) is 4.90 Å². The highest BCUT2D eigenvalue weighted by Gasteiger charge is 2.53. The molecule has 2 aliphatic rings. The lowest BCUT2D eigenvalue weighted by molar-refractivity contribution is -0.148. The molecule has 0 radical (unpaired) electrons. The maximum Gasteiger partial charge on any atom is 0.311 e. The van der Waals surface area contributed by atoms with Crippen LogP contribution in [0.5, 0.6) is 0 Å². The Kier molecular flexibility index (Phi) is 1.85. The molecule has 0 aromatic rings. The molecule has 4 heteroatoms. The third-order valence-electron chi connectivity index (χ3n) is 3.26. The van der Waals surface area contributed by atoms with Gasteiger partial charge in [0.15, 0.2) is 0 Å². The summed E-state index contributed by atoms with van der Waals surface area (Å²) in [6.07, 6.45) is 1.97. The molecule has 74 valence electrons. The molecule has 0 aromatic carbocycles. The quantitative estimate of drug-likeness (QED) is 0.599. The molecule has 0 aromatic heterocycles. The van der Waals surface area contributed by atoms with Gasteiger partial charge in [0.1, 0.15) is 5.92 Å². The molecular weight excluding hydrogens is 170 g/mol. The topological polar surface area (TPSA) is 60.8 Å². The Hall–Kier alpha value is -0.610. The van der Waals surface area contributed by atoms with E-state index in [1.54, 1.807) is 6.92 Å².